The van der Waals surface area contributed by atoms with Gasteiger partial charge in [-0.2, -0.15) is 4.98 Å². The van der Waals surface area contributed by atoms with E-state index in [4.69, 9.17) is 9.26 Å². The molecule has 0 aliphatic heterocycles. The van der Waals surface area contributed by atoms with Crippen LogP contribution in [0.2, 0.25) is 0 Å². The molecule has 2 aromatic heterocycles. The molecule has 2 heterocycles. The van der Waals surface area contributed by atoms with E-state index in [-0.39, 0.29) is 17.8 Å². The average Bonchev–Trinajstić information content (AvgIpc) is 3.05. The maximum absolute atomic E-state index is 11.5. The number of nitrogens with zero attached hydrogens (tertiary/aromatic N) is 3. The zero-order valence-corrected chi connectivity index (χ0v) is 11.9. The van der Waals surface area contributed by atoms with Gasteiger partial charge in [-0.15, -0.1) is 0 Å². The molecule has 6 nitrogen and oxygen atoms in total. The van der Waals surface area contributed by atoms with Gasteiger partial charge in [0.25, 0.3) is 0 Å². The lowest BCUT2D eigenvalue weighted by atomic mass is 9.82. The van der Waals surface area contributed by atoms with Gasteiger partial charge in [0.1, 0.15) is 0 Å². The minimum atomic E-state index is -0.116. The molecule has 1 saturated carbocycles. The van der Waals surface area contributed by atoms with Gasteiger partial charge in [0, 0.05) is 23.9 Å². The van der Waals surface area contributed by atoms with Crippen molar-refractivity contribution in [3.8, 4) is 11.4 Å². The van der Waals surface area contributed by atoms with Crippen LogP contribution < -0.4 is 0 Å². The number of methoxy groups -OCH3 is 1. The van der Waals surface area contributed by atoms with Crippen molar-refractivity contribution in [2.45, 2.75) is 31.6 Å². The molecule has 0 bridgehead atoms. The van der Waals surface area contributed by atoms with Gasteiger partial charge in [0.2, 0.25) is 11.7 Å². The van der Waals surface area contributed by atoms with E-state index in [9.17, 15) is 4.79 Å². The number of carbonyl (C=O) groups is 1. The Hall–Kier alpha value is -2.24. The molecule has 0 spiro atoms. The Balaban J connectivity index is 1.67. The summed E-state index contributed by atoms with van der Waals surface area (Å²) in [7, 11) is 1.44. The van der Waals surface area contributed by atoms with Gasteiger partial charge in [0.05, 0.1) is 13.0 Å². The molecule has 0 saturated heterocycles. The molecule has 1 fully saturated rings. The zero-order valence-electron chi connectivity index (χ0n) is 11.9. The molecule has 110 valence electrons. The Morgan fingerprint density at radius 2 is 2.14 bits per heavy atom. The molecule has 3 rings (SSSR count). The molecule has 0 amide bonds. The Bertz CT molecular complexity index is 604. The van der Waals surface area contributed by atoms with Gasteiger partial charge in [0.15, 0.2) is 0 Å². The minimum absolute atomic E-state index is 0.00645. The van der Waals surface area contributed by atoms with E-state index in [0.29, 0.717) is 11.7 Å². The van der Waals surface area contributed by atoms with Crippen molar-refractivity contribution in [3.05, 3.63) is 30.4 Å². The average molecular weight is 287 g/mol. The third kappa shape index (κ3) is 2.94. The van der Waals surface area contributed by atoms with Crippen LogP contribution in [-0.4, -0.2) is 28.2 Å². The molecule has 0 radical (unpaired) electrons. The van der Waals surface area contributed by atoms with Crippen molar-refractivity contribution in [3.63, 3.8) is 0 Å². The number of hydrogen-bond acceptors (Lipinski definition) is 6. The van der Waals surface area contributed by atoms with Gasteiger partial charge in [-0.05, 0) is 37.8 Å². The normalized spacial score (nSPS) is 22.0. The smallest absolute Gasteiger partial charge is 0.308 e. The summed E-state index contributed by atoms with van der Waals surface area (Å²) in [6, 6.07) is 3.74. The lowest BCUT2D eigenvalue weighted by molar-refractivity contribution is -0.146. The predicted octanol–water partition coefficient (Wildman–Crippen LogP) is 2.58. The fourth-order valence-corrected chi connectivity index (χ4v) is 2.76. The summed E-state index contributed by atoms with van der Waals surface area (Å²) in [5.41, 5.74) is 0.843. The highest BCUT2D eigenvalue weighted by molar-refractivity contribution is 5.72. The van der Waals surface area contributed by atoms with E-state index in [2.05, 4.69) is 15.1 Å². The van der Waals surface area contributed by atoms with E-state index >= 15 is 0 Å². The van der Waals surface area contributed by atoms with Crippen LogP contribution in [-0.2, 0) is 9.53 Å². The summed E-state index contributed by atoms with van der Waals surface area (Å²) in [4.78, 5) is 20.0. The topological polar surface area (TPSA) is 78.1 Å². The number of aromatic nitrogens is 3. The quantitative estimate of drug-likeness (QED) is 0.807. The fraction of sp³-hybridized carbons (Fsp3) is 0.467. The molecule has 0 unspecified atom stereocenters. The first-order valence-corrected chi connectivity index (χ1v) is 7.09. The summed E-state index contributed by atoms with van der Waals surface area (Å²) in [5.74, 6) is 1.33. The van der Waals surface area contributed by atoms with E-state index in [1.807, 2.05) is 12.1 Å². The Morgan fingerprint density at radius 3 is 2.81 bits per heavy atom. The van der Waals surface area contributed by atoms with Crippen molar-refractivity contribution in [2.24, 2.45) is 5.92 Å². The molecule has 0 aromatic carbocycles. The predicted molar refractivity (Wildman–Crippen MR) is 74.2 cm³/mol. The van der Waals surface area contributed by atoms with Crippen LogP contribution in [0.3, 0.4) is 0 Å². The van der Waals surface area contributed by atoms with E-state index in [0.717, 1.165) is 31.2 Å². The number of esters is 1. The first-order valence-electron chi connectivity index (χ1n) is 7.09. The van der Waals surface area contributed by atoms with E-state index < -0.39 is 0 Å². The number of rotatable bonds is 3. The van der Waals surface area contributed by atoms with Crippen LogP contribution in [0.4, 0.5) is 0 Å². The fourth-order valence-electron chi connectivity index (χ4n) is 2.76. The second kappa shape index (κ2) is 6.03. The molecule has 0 N–H and O–H groups in total. The lowest BCUT2D eigenvalue weighted by Gasteiger charge is -2.24. The van der Waals surface area contributed by atoms with Crippen LogP contribution in [0.5, 0.6) is 0 Å². The number of carbonyl (C=O) groups excluding carboxylic acids is 1. The van der Waals surface area contributed by atoms with Gasteiger partial charge in [-0.1, -0.05) is 5.16 Å². The van der Waals surface area contributed by atoms with Gasteiger partial charge in [-0.25, -0.2) is 0 Å². The highest BCUT2D eigenvalue weighted by Crippen LogP contribution is 2.36. The lowest BCUT2D eigenvalue weighted by Crippen LogP contribution is -2.22. The second-order valence-corrected chi connectivity index (χ2v) is 5.27. The van der Waals surface area contributed by atoms with Gasteiger partial charge < -0.3 is 9.26 Å². The number of ether oxygens (including phenoxy) is 1. The second-order valence-electron chi connectivity index (χ2n) is 5.27. The number of hydrogen-bond donors (Lipinski definition) is 0. The molecule has 6 heteroatoms. The SMILES string of the molecule is COC(=O)[C@H]1CC[C@H](c2nc(-c3cccnc3)no2)CC1. The highest BCUT2D eigenvalue weighted by Gasteiger charge is 2.30. The maximum atomic E-state index is 11.5. The van der Waals surface area contributed by atoms with E-state index in [1.165, 1.54) is 7.11 Å². The van der Waals surface area contributed by atoms with Crippen molar-refractivity contribution in [1.82, 2.24) is 15.1 Å². The Morgan fingerprint density at radius 1 is 1.33 bits per heavy atom. The number of pyridine rings is 1. The van der Waals surface area contributed by atoms with Crippen molar-refractivity contribution in [1.29, 1.82) is 0 Å². The third-order valence-corrected chi connectivity index (χ3v) is 3.97. The van der Waals surface area contributed by atoms with Crippen LogP contribution in [0.25, 0.3) is 11.4 Å². The van der Waals surface area contributed by atoms with Crippen LogP contribution in [0, 0.1) is 5.92 Å². The first kappa shape index (κ1) is 13.7. The van der Waals surface area contributed by atoms with Crippen LogP contribution in [0.1, 0.15) is 37.5 Å². The monoisotopic (exact) mass is 287 g/mol. The molecule has 1 aliphatic rings. The molecule has 0 atom stereocenters. The van der Waals surface area contributed by atoms with Crippen molar-refractivity contribution in [2.75, 3.05) is 7.11 Å². The third-order valence-electron chi connectivity index (χ3n) is 3.97. The summed E-state index contributed by atoms with van der Waals surface area (Å²) in [6.45, 7) is 0. The molecule has 1 aliphatic carbocycles. The summed E-state index contributed by atoms with van der Waals surface area (Å²) in [5, 5.41) is 4.01. The molecular weight excluding hydrogens is 270 g/mol. The Kier molecular flexibility index (Phi) is 3.94. The first-order chi connectivity index (χ1) is 10.3. The summed E-state index contributed by atoms with van der Waals surface area (Å²) < 4.78 is 10.2. The van der Waals surface area contributed by atoms with Crippen molar-refractivity contribution < 1.29 is 14.1 Å². The zero-order chi connectivity index (χ0) is 14.7. The highest BCUT2D eigenvalue weighted by atomic mass is 16.5. The maximum Gasteiger partial charge on any atom is 0.308 e. The van der Waals surface area contributed by atoms with Gasteiger partial charge in [-0.3, -0.25) is 9.78 Å². The summed E-state index contributed by atoms with van der Waals surface area (Å²) >= 11 is 0. The van der Waals surface area contributed by atoms with Gasteiger partial charge >= 0.3 is 5.97 Å². The molecule has 21 heavy (non-hydrogen) atoms. The van der Waals surface area contributed by atoms with Crippen molar-refractivity contribution >= 4 is 5.97 Å². The standard InChI is InChI=1S/C15H17N3O3/c1-20-15(19)11-6-4-10(5-7-11)14-17-13(18-21-14)12-3-2-8-16-9-12/h2-3,8-11H,4-7H2,1H3/t10-,11-. The largest absolute Gasteiger partial charge is 0.469 e. The van der Waals surface area contributed by atoms with Crippen LogP contribution in [0.15, 0.2) is 29.0 Å². The Labute approximate surface area is 122 Å². The minimum Gasteiger partial charge on any atom is -0.469 e. The summed E-state index contributed by atoms with van der Waals surface area (Å²) in [6.07, 6.45) is 6.77. The van der Waals surface area contributed by atoms with Crippen LogP contribution >= 0.6 is 0 Å². The molecule has 2 aromatic rings. The molecular formula is C15H17N3O3. The van der Waals surface area contributed by atoms with E-state index in [1.54, 1.807) is 12.4 Å².